The van der Waals surface area contributed by atoms with Crippen LogP contribution in [0.1, 0.15) is 23.2 Å². The number of benzene rings is 1. The summed E-state index contributed by atoms with van der Waals surface area (Å²) in [6.45, 7) is 0.743. The first kappa shape index (κ1) is 13.9. The van der Waals surface area contributed by atoms with Crippen LogP contribution in [0.5, 0.6) is 5.75 Å². The molecule has 1 aromatic rings. The lowest BCUT2D eigenvalue weighted by Gasteiger charge is -2.22. The highest BCUT2D eigenvalue weighted by atomic mass is 79.9. The molecule has 1 saturated carbocycles. The normalized spacial score (nSPS) is 14.4. The molecule has 5 heteroatoms. The first-order valence-corrected chi connectivity index (χ1v) is 7.79. The fraction of sp³-hybridized carbons (Fsp3) is 0.462. The molecule has 1 aliphatic rings. The van der Waals surface area contributed by atoms with Crippen LogP contribution in [-0.4, -0.2) is 35.8 Å². The zero-order valence-electron chi connectivity index (χ0n) is 10.2. The topological polar surface area (TPSA) is 29.5 Å². The molecule has 0 atom stereocenters. The second-order valence-corrected chi connectivity index (χ2v) is 5.91. The minimum atomic E-state index is 0.0720. The second kappa shape index (κ2) is 6.06. The number of amides is 1. The molecule has 0 saturated heterocycles. The van der Waals surface area contributed by atoms with E-state index < -0.39 is 0 Å². The Labute approximate surface area is 124 Å². The van der Waals surface area contributed by atoms with Crippen LogP contribution in [0.3, 0.4) is 0 Å². The number of ether oxygens (including phenoxy) is 1. The van der Waals surface area contributed by atoms with E-state index in [2.05, 4.69) is 31.9 Å². The molecular formula is C13H15Br2NO2. The standard InChI is InChI=1S/C13H15Br2NO2/c1-18-10-4-5-12(15)11(8-10)13(17)16(7-6-14)9-2-3-9/h4-5,8-9H,2-3,6-7H2,1H3. The summed E-state index contributed by atoms with van der Waals surface area (Å²) in [4.78, 5) is 14.5. The Morgan fingerprint density at radius 2 is 2.22 bits per heavy atom. The number of hydrogen-bond donors (Lipinski definition) is 0. The Morgan fingerprint density at radius 3 is 2.78 bits per heavy atom. The summed E-state index contributed by atoms with van der Waals surface area (Å²) in [5.74, 6) is 0.777. The molecule has 0 unspecified atom stereocenters. The molecule has 2 rings (SSSR count). The van der Waals surface area contributed by atoms with E-state index >= 15 is 0 Å². The second-order valence-electron chi connectivity index (χ2n) is 4.26. The smallest absolute Gasteiger partial charge is 0.255 e. The fourth-order valence-corrected chi connectivity index (χ4v) is 2.68. The Bertz CT molecular complexity index is 447. The molecule has 3 nitrogen and oxygen atoms in total. The van der Waals surface area contributed by atoms with Crippen LogP contribution in [0, 0.1) is 0 Å². The van der Waals surface area contributed by atoms with Gasteiger partial charge in [-0.2, -0.15) is 0 Å². The van der Waals surface area contributed by atoms with Crippen LogP contribution >= 0.6 is 31.9 Å². The average molecular weight is 377 g/mol. The number of halogens is 2. The van der Waals surface area contributed by atoms with Gasteiger partial charge in [0.05, 0.1) is 12.7 Å². The van der Waals surface area contributed by atoms with Crippen molar-refractivity contribution < 1.29 is 9.53 Å². The van der Waals surface area contributed by atoms with Crippen LogP contribution < -0.4 is 4.74 Å². The van der Waals surface area contributed by atoms with Crippen molar-refractivity contribution in [1.82, 2.24) is 4.90 Å². The summed E-state index contributed by atoms with van der Waals surface area (Å²) in [6, 6.07) is 5.89. The predicted molar refractivity (Wildman–Crippen MR) is 78.5 cm³/mol. The molecule has 1 aliphatic carbocycles. The summed E-state index contributed by atoms with van der Waals surface area (Å²) in [7, 11) is 1.61. The summed E-state index contributed by atoms with van der Waals surface area (Å²) >= 11 is 6.84. The van der Waals surface area contributed by atoms with Crippen molar-refractivity contribution in [3.63, 3.8) is 0 Å². The highest BCUT2D eigenvalue weighted by Crippen LogP contribution is 2.31. The van der Waals surface area contributed by atoms with Crippen molar-refractivity contribution in [3.05, 3.63) is 28.2 Å². The highest BCUT2D eigenvalue weighted by Gasteiger charge is 2.33. The number of methoxy groups -OCH3 is 1. The first-order chi connectivity index (χ1) is 8.67. The van der Waals surface area contributed by atoms with Crippen LogP contribution in [0.25, 0.3) is 0 Å². The minimum absolute atomic E-state index is 0.0720. The molecule has 1 aromatic carbocycles. The van der Waals surface area contributed by atoms with Gasteiger partial charge in [0, 0.05) is 22.4 Å². The highest BCUT2D eigenvalue weighted by molar-refractivity contribution is 9.10. The van der Waals surface area contributed by atoms with E-state index in [1.807, 2.05) is 17.0 Å². The van der Waals surface area contributed by atoms with Gasteiger partial charge in [-0.3, -0.25) is 4.79 Å². The van der Waals surface area contributed by atoms with Gasteiger partial charge in [-0.1, -0.05) is 15.9 Å². The molecule has 18 heavy (non-hydrogen) atoms. The van der Waals surface area contributed by atoms with Gasteiger partial charge in [-0.15, -0.1) is 0 Å². The van der Waals surface area contributed by atoms with E-state index in [0.717, 1.165) is 29.2 Å². The zero-order valence-corrected chi connectivity index (χ0v) is 13.3. The Balaban J connectivity index is 2.25. The quantitative estimate of drug-likeness (QED) is 0.736. The van der Waals surface area contributed by atoms with Gasteiger partial charge in [0.25, 0.3) is 5.91 Å². The molecule has 0 N–H and O–H groups in total. The van der Waals surface area contributed by atoms with Crippen molar-refractivity contribution in [2.45, 2.75) is 18.9 Å². The number of nitrogens with zero attached hydrogens (tertiary/aromatic N) is 1. The third-order valence-electron chi connectivity index (χ3n) is 2.98. The third kappa shape index (κ3) is 3.06. The number of hydrogen-bond acceptors (Lipinski definition) is 2. The summed E-state index contributed by atoms with van der Waals surface area (Å²) in [5, 5.41) is 0.802. The monoisotopic (exact) mass is 375 g/mol. The Morgan fingerprint density at radius 1 is 1.50 bits per heavy atom. The largest absolute Gasteiger partial charge is 0.497 e. The summed E-state index contributed by atoms with van der Waals surface area (Å²) in [6.07, 6.45) is 2.22. The Hall–Kier alpha value is -0.550. The molecular weight excluding hydrogens is 362 g/mol. The molecule has 0 aliphatic heterocycles. The van der Waals surface area contributed by atoms with Gasteiger partial charge < -0.3 is 9.64 Å². The lowest BCUT2D eigenvalue weighted by Crippen LogP contribution is -2.34. The molecule has 1 amide bonds. The van der Waals surface area contributed by atoms with Crippen molar-refractivity contribution in [2.24, 2.45) is 0 Å². The maximum absolute atomic E-state index is 12.5. The van der Waals surface area contributed by atoms with Crippen LogP contribution in [0.2, 0.25) is 0 Å². The maximum atomic E-state index is 12.5. The number of carbonyl (C=O) groups is 1. The molecule has 1 fully saturated rings. The van der Waals surface area contributed by atoms with Crippen molar-refractivity contribution in [3.8, 4) is 5.75 Å². The Kier molecular flexibility index (Phi) is 4.67. The molecule has 0 heterocycles. The van der Waals surface area contributed by atoms with Gasteiger partial charge >= 0.3 is 0 Å². The predicted octanol–water partition coefficient (Wildman–Crippen LogP) is 3.46. The van der Waals surface area contributed by atoms with E-state index in [0.29, 0.717) is 17.4 Å². The molecule has 0 spiro atoms. The van der Waals surface area contributed by atoms with E-state index in [1.165, 1.54) is 0 Å². The lowest BCUT2D eigenvalue weighted by molar-refractivity contribution is 0.0753. The van der Waals surface area contributed by atoms with Crippen LogP contribution in [0.15, 0.2) is 22.7 Å². The molecule has 98 valence electrons. The van der Waals surface area contributed by atoms with Crippen LogP contribution in [0.4, 0.5) is 0 Å². The molecule has 0 radical (unpaired) electrons. The van der Waals surface area contributed by atoms with Crippen molar-refractivity contribution in [2.75, 3.05) is 19.0 Å². The lowest BCUT2D eigenvalue weighted by atomic mass is 10.2. The van der Waals surface area contributed by atoms with Gasteiger partial charge in [0.1, 0.15) is 5.75 Å². The fourth-order valence-electron chi connectivity index (χ4n) is 1.88. The maximum Gasteiger partial charge on any atom is 0.255 e. The number of rotatable bonds is 5. The van der Waals surface area contributed by atoms with Gasteiger partial charge in [0.2, 0.25) is 0 Å². The zero-order chi connectivity index (χ0) is 13.1. The van der Waals surface area contributed by atoms with Crippen molar-refractivity contribution in [1.29, 1.82) is 0 Å². The van der Waals surface area contributed by atoms with E-state index in [-0.39, 0.29) is 5.91 Å². The summed E-state index contributed by atoms with van der Waals surface area (Å²) < 4.78 is 5.99. The first-order valence-electron chi connectivity index (χ1n) is 5.88. The van der Waals surface area contributed by atoms with Crippen molar-refractivity contribution >= 4 is 37.8 Å². The minimum Gasteiger partial charge on any atom is -0.497 e. The van der Waals surface area contributed by atoms with Gasteiger partial charge in [-0.25, -0.2) is 0 Å². The van der Waals surface area contributed by atoms with E-state index in [1.54, 1.807) is 13.2 Å². The average Bonchev–Trinajstić information content (AvgIpc) is 3.20. The summed E-state index contributed by atoms with van der Waals surface area (Å²) in [5.41, 5.74) is 0.669. The van der Waals surface area contributed by atoms with Gasteiger partial charge in [0.15, 0.2) is 0 Å². The number of carbonyl (C=O) groups excluding carboxylic acids is 1. The van der Waals surface area contributed by atoms with E-state index in [9.17, 15) is 4.79 Å². The molecule has 0 aromatic heterocycles. The SMILES string of the molecule is COc1ccc(Br)c(C(=O)N(CCBr)C2CC2)c1. The number of alkyl halides is 1. The van der Waals surface area contributed by atoms with E-state index in [4.69, 9.17) is 4.74 Å². The van der Waals surface area contributed by atoms with Gasteiger partial charge in [-0.05, 0) is 47.0 Å². The molecule has 0 bridgehead atoms. The third-order valence-corrected chi connectivity index (χ3v) is 4.02. The van der Waals surface area contributed by atoms with Crippen LogP contribution in [-0.2, 0) is 0 Å².